The van der Waals surface area contributed by atoms with Crippen molar-refractivity contribution in [3.63, 3.8) is 0 Å². The molecule has 1 fully saturated rings. The van der Waals surface area contributed by atoms with E-state index in [2.05, 4.69) is 5.32 Å². The first kappa shape index (κ1) is 24.9. The SMILES string of the molecule is O=C(COC(=O)c1ccc(Cl)cc1[N+](=O)[O-])Nc1ccc(Cl)c(S(=O)(=O)N2CCOCC2)c1. The highest BCUT2D eigenvalue weighted by molar-refractivity contribution is 7.89. The summed E-state index contributed by atoms with van der Waals surface area (Å²) < 4.78 is 37.0. The van der Waals surface area contributed by atoms with Gasteiger partial charge in [-0.05, 0) is 30.3 Å². The third-order valence-corrected chi connectivity index (χ3v) is 7.13. The summed E-state index contributed by atoms with van der Waals surface area (Å²) in [6.45, 7) is 0.0751. The number of benzene rings is 2. The maximum atomic E-state index is 12.9. The van der Waals surface area contributed by atoms with Crippen molar-refractivity contribution in [3.05, 3.63) is 62.1 Å². The number of sulfonamides is 1. The molecule has 1 N–H and O–H groups in total. The average molecular weight is 518 g/mol. The second-order valence-corrected chi connectivity index (χ2v) is 9.45. The maximum Gasteiger partial charge on any atom is 0.345 e. The van der Waals surface area contributed by atoms with Gasteiger partial charge in [-0.25, -0.2) is 13.2 Å². The van der Waals surface area contributed by atoms with Gasteiger partial charge in [0.25, 0.3) is 11.6 Å². The average Bonchev–Trinajstić information content (AvgIpc) is 2.79. The van der Waals surface area contributed by atoms with Crippen molar-refractivity contribution in [2.24, 2.45) is 0 Å². The molecule has 0 radical (unpaired) electrons. The number of nitro groups is 1. The highest BCUT2D eigenvalue weighted by Gasteiger charge is 2.29. The predicted molar refractivity (Wildman–Crippen MR) is 118 cm³/mol. The molecule has 14 heteroatoms. The summed E-state index contributed by atoms with van der Waals surface area (Å²) in [5.74, 6) is -1.89. The Hall–Kier alpha value is -2.77. The molecule has 0 unspecified atom stereocenters. The van der Waals surface area contributed by atoms with Gasteiger partial charge in [0.2, 0.25) is 10.0 Å². The van der Waals surface area contributed by atoms with Gasteiger partial charge in [0.15, 0.2) is 6.61 Å². The van der Waals surface area contributed by atoms with Gasteiger partial charge in [-0.3, -0.25) is 14.9 Å². The maximum absolute atomic E-state index is 12.9. The Morgan fingerprint density at radius 3 is 2.52 bits per heavy atom. The number of ether oxygens (including phenoxy) is 2. The third-order valence-electron chi connectivity index (χ3n) is 4.51. The molecule has 1 heterocycles. The van der Waals surface area contributed by atoms with E-state index in [0.29, 0.717) is 0 Å². The number of esters is 1. The number of carbonyl (C=O) groups is 2. The number of rotatable bonds is 7. The second kappa shape index (κ2) is 10.4. The van der Waals surface area contributed by atoms with E-state index in [1.54, 1.807) is 0 Å². The van der Waals surface area contributed by atoms with Crippen molar-refractivity contribution in [1.82, 2.24) is 4.31 Å². The zero-order valence-electron chi connectivity index (χ0n) is 16.8. The molecule has 1 aliphatic heterocycles. The molecule has 0 aliphatic carbocycles. The van der Waals surface area contributed by atoms with Crippen molar-refractivity contribution in [2.75, 3.05) is 38.2 Å². The van der Waals surface area contributed by atoms with Crippen molar-refractivity contribution >= 4 is 56.5 Å². The minimum atomic E-state index is -3.92. The zero-order valence-corrected chi connectivity index (χ0v) is 19.2. The van der Waals surface area contributed by atoms with Crippen molar-refractivity contribution in [3.8, 4) is 0 Å². The van der Waals surface area contributed by atoms with Crippen molar-refractivity contribution in [1.29, 1.82) is 0 Å². The molecular formula is C19H17Cl2N3O8S. The molecule has 0 saturated carbocycles. The number of halogens is 2. The molecule has 11 nitrogen and oxygen atoms in total. The Morgan fingerprint density at radius 2 is 1.85 bits per heavy atom. The van der Waals surface area contributed by atoms with Crippen LogP contribution in [0.5, 0.6) is 0 Å². The summed E-state index contributed by atoms with van der Waals surface area (Å²) in [4.78, 5) is 34.5. The van der Waals surface area contributed by atoms with Crippen LogP contribution in [0.1, 0.15) is 10.4 Å². The van der Waals surface area contributed by atoms with E-state index in [1.807, 2.05) is 0 Å². The van der Waals surface area contributed by atoms with E-state index < -0.39 is 39.1 Å². The van der Waals surface area contributed by atoms with Gasteiger partial charge in [-0.2, -0.15) is 4.31 Å². The van der Waals surface area contributed by atoms with Gasteiger partial charge in [-0.1, -0.05) is 23.2 Å². The van der Waals surface area contributed by atoms with Crippen LogP contribution < -0.4 is 5.32 Å². The molecule has 2 aromatic carbocycles. The Morgan fingerprint density at radius 1 is 1.15 bits per heavy atom. The molecule has 3 rings (SSSR count). The van der Waals surface area contributed by atoms with Gasteiger partial charge in [0.05, 0.1) is 23.2 Å². The van der Waals surface area contributed by atoms with Crippen LogP contribution in [-0.2, 0) is 24.3 Å². The standard InChI is InChI=1S/C19H17Cl2N3O8S/c20-12-1-3-14(16(9-12)24(27)28)19(26)32-11-18(25)22-13-2-4-15(21)17(10-13)33(29,30)23-5-7-31-8-6-23/h1-4,9-10H,5-8,11H2,(H,22,25). The van der Waals surface area contributed by atoms with E-state index >= 15 is 0 Å². The largest absolute Gasteiger partial charge is 0.452 e. The fourth-order valence-corrected chi connectivity index (χ4v) is 5.01. The Kier molecular flexibility index (Phi) is 7.87. The number of hydrogen-bond donors (Lipinski definition) is 1. The van der Waals surface area contributed by atoms with E-state index in [-0.39, 0.29) is 52.5 Å². The van der Waals surface area contributed by atoms with E-state index in [4.69, 9.17) is 32.7 Å². The summed E-state index contributed by atoms with van der Waals surface area (Å²) in [6.07, 6.45) is 0. The Labute approximate surface area is 198 Å². The summed E-state index contributed by atoms with van der Waals surface area (Å²) in [5.41, 5.74) is -0.837. The Balaban J connectivity index is 1.68. The summed E-state index contributed by atoms with van der Waals surface area (Å²) in [5, 5.41) is 13.5. The molecule has 0 spiro atoms. The number of nitrogens with one attached hydrogen (secondary N) is 1. The fourth-order valence-electron chi connectivity index (χ4n) is 2.94. The van der Waals surface area contributed by atoms with E-state index in [9.17, 15) is 28.1 Å². The lowest BCUT2D eigenvalue weighted by Crippen LogP contribution is -2.40. The Bertz CT molecular complexity index is 1200. The number of morpholine rings is 1. The van der Waals surface area contributed by atoms with Gasteiger partial charge < -0.3 is 14.8 Å². The quantitative estimate of drug-likeness (QED) is 0.335. The van der Waals surface area contributed by atoms with Crippen LogP contribution in [0.25, 0.3) is 0 Å². The van der Waals surface area contributed by atoms with Crippen LogP contribution in [0.15, 0.2) is 41.3 Å². The summed E-state index contributed by atoms with van der Waals surface area (Å²) >= 11 is 11.8. The molecular weight excluding hydrogens is 501 g/mol. The van der Waals surface area contributed by atoms with Crippen LogP contribution in [0.2, 0.25) is 10.0 Å². The lowest BCUT2D eigenvalue weighted by atomic mass is 10.2. The molecule has 1 aliphatic rings. The van der Waals surface area contributed by atoms with Crippen molar-refractivity contribution in [2.45, 2.75) is 4.90 Å². The minimum absolute atomic E-state index is 0.0269. The topological polar surface area (TPSA) is 145 Å². The predicted octanol–water partition coefficient (Wildman–Crippen LogP) is 2.72. The van der Waals surface area contributed by atoms with E-state index in [1.165, 1.54) is 28.6 Å². The first-order chi connectivity index (χ1) is 15.6. The molecule has 33 heavy (non-hydrogen) atoms. The summed E-state index contributed by atoms with van der Waals surface area (Å²) in [7, 11) is -3.92. The second-order valence-electron chi connectivity index (χ2n) is 6.70. The molecule has 2 aromatic rings. The number of anilines is 1. The highest BCUT2D eigenvalue weighted by Crippen LogP contribution is 2.28. The first-order valence-corrected chi connectivity index (χ1v) is 11.6. The monoisotopic (exact) mass is 517 g/mol. The zero-order chi connectivity index (χ0) is 24.2. The molecule has 1 amide bonds. The van der Waals surface area contributed by atoms with E-state index in [0.717, 1.165) is 12.1 Å². The van der Waals surface area contributed by atoms with Crippen LogP contribution in [0, 0.1) is 10.1 Å². The normalized spacial score (nSPS) is 14.5. The number of carbonyl (C=O) groups excluding carboxylic acids is 2. The van der Waals surface area contributed by atoms with Gasteiger partial charge in [-0.15, -0.1) is 0 Å². The van der Waals surface area contributed by atoms with Crippen LogP contribution in [-0.4, -0.2) is 62.4 Å². The lowest BCUT2D eigenvalue weighted by molar-refractivity contribution is -0.385. The summed E-state index contributed by atoms with van der Waals surface area (Å²) in [6, 6.07) is 7.26. The molecule has 0 atom stereocenters. The number of hydrogen-bond acceptors (Lipinski definition) is 8. The molecule has 0 bridgehead atoms. The minimum Gasteiger partial charge on any atom is -0.452 e. The highest BCUT2D eigenvalue weighted by atomic mass is 35.5. The lowest BCUT2D eigenvalue weighted by Gasteiger charge is -2.26. The first-order valence-electron chi connectivity index (χ1n) is 9.38. The number of amides is 1. The van der Waals surface area contributed by atoms with Gasteiger partial charge >= 0.3 is 5.97 Å². The third kappa shape index (κ3) is 5.97. The molecule has 0 aromatic heterocycles. The van der Waals surface area contributed by atoms with Crippen LogP contribution >= 0.6 is 23.2 Å². The van der Waals surface area contributed by atoms with Crippen LogP contribution in [0.4, 0.5) is 11.4 Å². The smallest absolute Gasteiger partial charge is 0.345 e. The van der Waals surface area contributed by atoms with Gasteiger partial charge in [0, 0.05) is 29.9 Å². The number of nitrogens with zero attached hydrogens (tertiary/aromatic N) is 2. The fraction of sp³-hybridized carbons (Fsp3) is 0.263. The van der Waals surface area contributed by atoms with Crippen molar-refractivity contribution < 1.29 is 32.4 Å². The van der Waals surface area contributed by atoms with Crippen LogP contribution in [0.3, 0.4) is 0 Å². The number of nitro benzene ring substituents is 1. The van der Waals surface area contributed by atoms with Gasteiger partial charge in [0.1, 0.15) is 10.5 Å². The molecule has 1 saturated heterocycles. The molecule has 176 valence electrons.